The third kappa shape index (κ3) is 4.70. The smallest absolute Gasteiger partial charge is 0.173 e. The van der Waals surface area contributed by atoms with Crippen LogP contribution in [0.3, 0.4) is 0 Å². The number of aromatic nitrogens is 4. The van der Waals surface area contributed by atoms with Crippen LogP contribution < -0.4 is 14.4 Å². The third-order valence-corrected chi connectivity index (χ3v) is 6.77. The molecule has 0 aliphatic carbocycles. The summed E-state index contributed by atoms with van der Waals surface area (Å²) in [5, 5.41) is 12.9. The van der Waals surface area contributed by atoms with Crippen molar-refractivity contribution in [1.82, 2.24) is 25.1 Å². The summed E-state index contributed by atoms with van der Waals surface area (Å²) in [6.45, 7) is 9.66. The number of hydrogen-bond acceptors (Lipinski definition) is 7. The van der Waals surface area contributed by atoms with Gasteiger partial charge in [0, 0.05) is 31.9 Å². The molecule has 182 valence electrons. The Morgan fingerprint density at radius 1 is 0.971 bits per heavy atom. The minimum Gasteiger partial charge on any atom is -0.493 e. The van der Waals surface area contributed by atoms with Crippen molar-refractivity contribution in [2.45, 2.75) is 38.8 Å². The first-order valence-electron chi connectivity index (χ1n) is 11.6. The highest BCUT2D eigenvalue weighted by atomic mass is 19.1. The molecule has 1 aliphatic rings. The summed E-state index contributed by atoms with van der Waals surface area (Å²) in [6, 6.07) is 12.5. The fourth-order valence-electron chi connectivity index (χ4n) is 4.38. The predicted octanol–water partition coefficient (Wildman–Crippen LogP) is 3.89. The minimum absolute atomic E-state index is 0.156. The molecule has 0 spiro atoms. The van der Waals surface area contributed by atoms with E-state index in [1.54, 1.807) is 14.2 Å². The second kappa shape index (κ2) is 9.97. The Labute approximate surface area is 200 Å². The Bertz CT molecular complexity index is 1090. The number of methoxy groups -OCH3 is 2. The second-order valence-corrected chi connectivity index (χ2v) is 9.13. The molecule has 0 bridgehead atoms. The van der Waals surface area contributed by atoms with Crippen molar-refractivity contribution in [3.63, 3.8) is 0 Å². The van der Waals surface area contributed by atoms with Gasteiger partial charge in [-0.05, 0) is 72.7 Å². The van der Waals surface area contributed by atoms with E-state index in [-0.39, 0.29) is 17.4 Å². The monoisotopic (exact) mass is 468 g/mol. The molecule has 0 N–H and O–H groups in total. The summed E-state index contributed by atoms with van der Waals surface area (Å²) in [7, 11) is 3.27. The average molecular weight is 469 g/mol. The third-order valence-electron chi connectivity index (χ3n) is 6.77. The van der Waals surface area contributed by atoms with Crippen LogP contribution in [0, 0.1) is 5.82 Å². The normalized spacial score (nSPS) is 15.9. The van der Waals surface area contributed by atoms with Crippen LogP contribution in [0.2, 0.25) is 0 Å². The minimum atomic E-state index is -0.233. The zero-order valence-electron chi connectivity index (χ0n) is 20.5. The number of nitrogens with zero attached hydrogens (tertiary/aromatic N) is 6. The van der Waals surface area contributed by atoms with Gasteiger partial charge in [-0.2, -0.15) is 0 Å². The summed E-state index contributed by atoms with van der Waals surface area (Å²) in [6.07, 6.45) is 0.891. The lowest BCUT2D eigenvalue weighted by molar-refractivity contribution is 0.187. The van der Waals surface area contributed by atoms with E-state index in [4.69, 9.17) is 9.47 Å². The molecule has 8 nitrogen and oxygen atoms in total. The van der Waals surface area contributed by atoms with Gasteiger partial charge in [0.25, 0.3) is 0 Å². The van der Waals surface area contributed by atoms with Crippen molar-refractivity contribution in [1.29, 1.82) is 0 Å². The number of hydrogen-bond donors (Lipinski definition) is 0. The molecular formula is C25H33FN6O2. The summed E-state index contributed by atoms with van der Waals surface area (Å²) in [5.41, 5.74) is 1.83. The van der Waals surface area contributed by atoms with Gasteiger partial charge in [0.15, 0.2) is 17.3 Å². The van der Waals surface area contributed by atoms with Gasteiger partial charge in [-0.3, -0.25) is 4.90 Å². The molecule has 9 heteroatoms. The lowest BCUT2D eigenvalue weighted by Gasteiger charge is -2.40. The topological polar surface area (TPSA) is 68.5 Å². The summed E-state index contributed by atoms with van der Waals surface area (Å²) in [5.74, 6) is 1.93. The zero-order valence-corrected chi connectivity index (χ0v) is 20.5. The van der Waals surface area contributed by atoms with E-state index in [1.807, 2.05) is 28.9 Å². The van der Waals surface area contributed by atoms with Gasteiger partial charge in [-0.15, -0.1) is 5.10 Å². The molecule has 0 amide bonds. The zero-order chi connectivity index (χ0) is 24.3. The number of tetrazole rings is 1. The Kier molecular flexibility index (Phi) is 7.02. The fourth-order valence-corrected chi connectivity index (χ4v) is 4.38. The molecule has 1 saturated heterocycles. The van der Waals surface area contributed by atoms with Gasteiger partial charge in [-0.25, -0.2) is 9.07 Å². The van der Waals surface area contributed by atoms with Gasteiger partial charge in [0.2, 0.25) is 0 Å². The molecule has 1 aliphatic heterocycles. The van der Waals surface area contributed by atoms with E-state index in [0.717, 1.165) is 49.7 Å². The number of halogens is 1. The Balaban J connectivity index is 1.69. The van der Waals surface area contributed by atoms with Crippen LogP contribution in [0.25, 0.3) is 0 Å². The van der Waals surface area contributed by atoms with Crippen molar-refractivity contribution in [3.05, 3.63) is 59.7 Å². The molecule has 0 unspecified atom stereocenters. The molecule has 0 saturated carbocycles. The summed E-state index contributed by atoms with van der Waals surface area (Å²) < 4.78 is 26.4. The van der Waals surface area contributed by atoms with Crippen molar-refractivity contribution in [2.75, 3.05) is 45.3 Å². The SMILES string of the molecule is CCC(C)(C)n1nnnc1[C@@H](c1ccc(OC)c(OC)c1)N1CCN(c2ccc(F)cc2)CC1. The second-order valence-electron chi connectivity index (χ2n) is 9.13. The molecule has 3 aromatic rings. The van der Waals surface area contributed by atoms with Crippen molar-refractivity contribution in [3.8, 4) is 11.5 Å². The maximum absolute atomic E-state index is 13.4. The number of benzene rings is 2. The van der Waals surface area contributed by atoms with Gasteiger partial charge in [0.1, 0.15) is 5.82 Å². The van der Waals surface area contributed by atoms with Crippen LogP contribution in [0.1, 0.15) is 44.6 Å². The Morgan fingerprint density at radius 2 is 1.65 bits per heavy atom. The molecule has 34 heavy (non-hydrogen) atoms. The molecule has 4 rings (SSSR count). The van der Waals surface area contributed by atoms with Crippen molar-refractivity contribution in [2.24, 2.45) is 0 Å². The Morgan fingerprint density at radius 3 is 2.26 bits per heavy atom. The average Bonchev–Trinajstić information content (AvgIpc) is 3.35. The van der Waals surface area contributed by atoms with E-state index in [1.165, 1.54) is 12.1 Å². The van der Waals surface area contributed by atoms with Crippen LogP contribution in [-0.4, -0.2) is 65.5 Å². The molecule has 1 fully saturated rings. The standard InChI is InChI=1S/C25H33FN6O2/c1-6-25(2,3)32-24(27-28-29-32)23(18-7-12-21(33-4)22(17-18)34-5)31-15-13-30(14-16-31)20-10-8-19(26)9-11-20/h7-12,17,23H,6,13-16H2,1-5H3/t23-/m1/s1. The number of piperazine rings is 1. The highest BCUT2D eigenvalue weighted by Gasteiger charge is 2.34. The number of ether oxygens (including phenoxy) is 2. The van der Waals surface area contributed by atoms with E-state index in [0.29, 0.717) is 11.5 Å². The molecule has 0 radical (unpaired) electrons. The van der Waals surface area contributed by atoms with Crippen LogP contribution in [0.4, 0.5) is 10.1 Å². The number of anilines is 1. The summed E-state index contributed by atoms with van der Waals surface area (Å²) in [4.78, 5) is 4.68. The van der Waals surface area contributed by atoms with Crippen LogP contribution >= 0.6 is 0 Å². The maximum atomic E-state index is 13.4. The maximum Gasteiger partial charge on any atom is 0.173 e. The molecule has 1 aromatic heterocycles. The predicted molar refractivity (Wildman–Crippen MR) is 129 cm³/mol. The highest BCUT2D eigenvalue weighted by Crippen LogP contribution is 2.36. The van der Waals surface area contributed by atoms with E-state index in [9.17, 15) is 4.39 Å². The first-order valence-corrected chi connectivity index (χ1v) is 11.6. The lowest BCUT2D eigenvalue weighted by atomic mass is 9.98. The molecule has 2 heterocycles. The highest BCUT2D eigenvalue weighted by molar-refractivity contribution is 5.47. The summed E-state index contributed by atoms with van der Waals surface area (Å²) >= 11 is 0. The molecule has 1 atom stereocenters. The number of rotatable bonds is 8. The van der Waals surface area contributed by atoms with Crippen LogP contribution in [0.15, 0.2) is 42.5 Å². The first kappa shape index (κ1) is 23.9. The molecular weight excluding hydrogens is 435 g/mol. The van der Waals surface area contributed by atoms with Gasteiger partial charge in [-0.1, -0.05) is 13.0 Å². The quantitative estimate of drug-likeness (QED) is 0.497. The van der Waals surface area contributed by atoms with E-state index >= 15 is 0 Å². The Hall–Kier alpha value is -3.20. The van der Waals surface area contributed by atoms with Crippen molar-refractivity contribution < 1.29 is 13.9 Å². The first-order chi connectivity index (χ1) is 16.4. The fraction of sp³-hybridized carbons (Fsp3) is 0.480. The lowest BCUT2D eigenvalue weighted by Crippen LogP contribution is -2.48. The largest absolute Gasteiger partial charge is 0.493 e. The van der Waals surface area contributed by atoms with Crippen molar-refractivity contribution >= 4 is 5.69 Å². The van der Waals surface area contributed by atoms with E-state index in [2.05, 4.69) is 52.2 Å². The van der Waals surface area contributed by atoms with Crippen LogP contribution in [-0.2, 0) is 5.54 Å². The van der Waals surface area contributed by atoms with E-state index < -0.39 is 0 Å². The van der Waals surface area contributed by atoms with Crippen LogP contribution in [0.5, 0.6) is 11.5 Å². The van der Waals surface area contributed by atoms with Gasteiger partial charge < -0.3 is 14.4 Å². The van der Waals surface area contributed by atoms with Gasteiger partial charge in [0.05, 0.1) is 25.8 Å². The van der Waals surface area contributed by atoms with Gasteiger partial charge >= 0.3 is 0 Å². The molecule has 2 aromatic carbocycles.